The van der Waals surface area contributed by atoms with Gasteiger partial charge in [-0.05, 0) is 89.9 Å². The summed E-state index contributed by atoms with van der Waals surface area (Å²) in [5, 5.41) is 0. The van der Waals surface area contributed by atoms with E-state index in [9.17, 15) is 19.0 Å². The average molecular weight is 788 g/mol. The summed E-state index contributed by atoms with van der Waals surface area (Å²) < 4.78 is 32.7. The average Bonchev–Trinajstić information content (AvgIpc) is 3.17. The molecular weight excluding hydrogens is 713 g/mol. The highest BCUT2D eigenvalue weighted by molar-refractivity contribution is 7.47. The van der Waals surface area contributed by atoms with Gasteiger partial charge in [-0.1, -0.05) is 137 Å². The van der Waals surface area contributed by atoms with Crippen LogP contribution in [0.15, 0.2) is 97.2 Å². The number of phosphoric acid groups is 1. The minimum absolute atomic E-state index is 0.0395. The first kappa shape index (κ1) is 51.9. The first-order valence-corrected chi connectivity index (χ1v) is 22.2. The molecule has 0 aliphatic heterocycles. The van der Waals surface area contributed by atoms with Crippen molar-refractivity contribution in [3.8, 4) is 0 Å². The van der Waals surface area contributed by atoms with Gasteiger partial charge in [-0.3, -0.25) is 18.6 Å². The molecule has 0 rings (SSSR count). The summed E-state index contributed by atoms with van der Waals surface area (Å²) in [6, 6.07) is 0. The highest BCUT2D eigenvalue weighted by Crippen LogP contribution is 2.43. The summed E-state index contributed by atoms with van der Waals surface area (Å²) in [6.45, 7) is 3.41. The van der Waals surface area contributed by atoms with E-state index in [0.717, 1.165) is 103 Å². The first-order valence-electron chi connectivity index (χ1n) is 20.7. The fourth-order valence-corrected chi connectivity index (χ4v) is 5.73. The third kappa shape index (κ3) is 40.4. The van der Waals surface area contributed by atoms with Crippen LogP contribution >= 0.6 is 7.82 Å². The Bertz CT molecular complexity index is 1220. The molecule has 0 aromatic heterocycles. The van der Waals surface area contributed by atoms with Gasteiger partial charge in [0, 0.05) is 19.4 Å². The number of phosphoric ester groups is 1. The van der Waals surface area contributed by atoms with Crippen LogP contribution in [0.2, 0.25) is 0 Å². The molecule has 0 bridgehead atoms. The van der Waals surface area contributed by atoms with Crippen molar-refractivity contribution in [1.82, 2.24) is 0 Å². The number of ether oxygens (including phenoxy) is 2. The van der Waals surface area contributed by atoms with Crippen molar-refractivity contribution >= 4 is 19.8 Å². The number of nitrogens with two attached hydrogens (primary N) is 1. The van der Waals surface area contributed by atoms with Gasteiger partial charge >= 0.3 is 19.8 Å². The molecule has 55 heavy (non-hydrogen) atoms. The molecular formula is C45H74NO8P. The number of esters is 2. The van der Waals surface area contributed by atoms with Gasteiger partial charge in [-0.25, -0.2) is 4.57 Å². The van der Waals surface area contributed by atoms with Crippen LogP contribution in [0.5, 0.6) is 0 Å². The van der Waals surface area contributed by atoms with E-state index < -0.39 is 32.5 Å². The number of hydrogen-bond donors (Lipinski definition) is 2. The number of unbranched alkanes of at least 4 members (excludes halogenated alkanes) is 8. The molecule has 2 unspecified atom stereocenters. The van der Waals surface area contributed by atoms with Crippen LogP contribution in [-0.2, 0) is 32.7 Å². The number of rotatable bonds is 37. The van der Waals surface area contributed by atoms with Crippen molar-refractivity contribution in [1.29, 1.82) is 0 Å². The van der Waals surface area contributed by atoms with E-state index in [1.54, 1.807) is 0 Å². The predicted molar refractivity (Wildman–Crippen MR) is 228 cm³/mol. The van der Waals surface area contributed by atoms with Crippen molar-refractivity contribution in [2.45, 2.75) is 148 Å². The van der Waals surface area contributed by atoms with Gasteiger partial charge in [0.15, 0.2) is 6.10 Å². The van der Waals surface area contributed by atoms with Crippen LogP contribution in [0.1, 0.15) is 142 Å². The van der Waals surface area contributed by atoms with Crippen LogP contribution in [0.25, 0.3) is 0 Å². The fraction of sp³-hybridized carbons (Fsp3) is 0.600. The lowest BCUT2D eigenvalue weighted by Crippen LogP contribution is -2.29. The zero-order chi connectivity index (χ0) is 40.3. The largest absolute Gasteiger partial charge is 0.472 e. The molecule has 312 valence electrons. The third-order valence-electron chi connectivity index (χ3n) is 7.97. The molecule has 0 fully saturated rings. The Balaban J connectivity index is 4.30. The molecule has 3 N–H and O–H groups in total. The highest BCUT2D eigenvalue weighted by atomic mass is 31.2. The van der Waals surface area contributed by atoms with E-state index in [1.807, 2.05) is 0 Å². The summed E-state index contributed by atoms with van der Waals surface area (Å²) >= 11 is 0. The summed E-state index contributed by atoms with van der Waals surface area (Å²) in [5.41, 5.74) is 5.34. The second kappa shape index (κ2) is 40.6. The van der Waals surface area contributed by atoms with E-state index in [4.69, 9.17) is 24.3 Å². The lowest BCUT2D eigenvalue weighted by Gasteiger charge is -2.19. The van der Waals surface area contributed by atoms with Crippen molar-refractivity contribution in [3.05, 3.63) is 97.2 Å². The van der Waals surface area contributed by atoms with Crippen LogP contribution in [0.4, 0.5) is 0 Å². The SMILES string of the molecule is CCC=CCC=CCC=CCC=CCCCCCCC(=O)OCC(COP(=O)(O)OCCN)OC(=O)CCCCCCC=CCC=CCC=CCC=CCC. The minimum atomic E-state index is -4.40. The van der Waals surface area contributed by atoms with Crippen LogP contribution in [0.3, 0.4) is 0 Å². The van der Waals surface area contributed by atoms with Crippen LogP contribution < -0.4 is 5.73 Å². The summed E-state index contributed by atoms with van der Waals surface area (Å²) in [4.78, 5) is 34.8. The molecule has 9 nitrogen and oxygen atoms in total. The van der Waals surface area contributed by atoms with E-state index >= 15 is 0 Å². The maximum absolute atomic E-state index is 12.6. The zero-order valence-electron chi connectivity index (χ0n) is 34.1. The van der Waals surface area contributed by atoms with Crippen molar-refractivity contribution in [3.63, 3.8) is 0 Å². The van der Waals surface area contributed by atoms with E-state index in [-0.39, 0.29) is 32.6 Å². The molecule has 0 aromatic carbocycles. The van der Waals surface area contributed by atoms with Crippen molar-refractivity contribution in [2.75, 3.05) is 26.4 Å². The molecule has 0 saturated heterocycles. The predicted octanol–water partition coefficient (Wildman–Crippen LogP) is 11.8. The second-order valence-corrected chi connectivity index (χ2v) is 14.5. The Labute approximate surface area is 334 Å². The van der Waals surface area contributed by atoms with E-state index in [0.29, 0.717) is 12.8 Å². The zero-order valence-corrected chi connectivity index (χ0v) is 35.0. The van der Waals surface area contributed by atoms with Gasteiger partial charge in [-0.15, -0.1) is 0 Å². The topological polar surface area (TPSA) is 134 Å². The molecule has 0 aliphatic carbocycles. The van der Waals surface area contributed by atoms with Gasteiger partial charge in [0.25, 0.3) is 0 Å². The second-order valence-electron chi connectivity index (χ2n) is 13.1. The summed E-state index contributed by atoms with van der Waals surface area (Å²) in [7, 11) is -4.40. The monoisotopic (exact) mass is 788 g/mol. The minimum Gasteiger partial charge on any atom is -0.462 e. The quantitative estimate of drug-likeness (QED) is 0.0273. The molecule has 0 aromatic rings. The molecule has 0 amide bonds. The number of carbonyl (C=O) groups is 2. The highest BCUT2D eigenvalue weighted by Gasteiger charge is 2.25. The molecule has 0 heterocycles. The van der Waals surface area contributed by atoms with Gasteiger partial charge < -0.3 is 20.1 Å². The maximum Gasteiger partial charge on any atom is 0.472 e. The Kier molecular flexibility index (Phi) is 38.3. The molecule has 0 radical (unpaired) electrons. The Hall–Kier alpha value is -3.07. The van der Waals surface area contributed by atoms with Crippen molar-refractivity contribution in [2.24, 2.45) is 5.73 Å². The third-order valence-corrected chi connectivity index (χ3v) is 8.95. The lowest BCUT2D eigenvalue weighted by atomic mass is 10.1. The normalized spacial score (nSPS) is 14.3. The lowest BCUT2D eigenvalue weighted by molar-refractivity contribution is -0.161. The van der Waals surface area contributed by atoms with Gasteiger partial charge in [0.1, 0.15) is 6.61 Å². The Morgan fingerprint density at radius 1 is 0.545 bits per heavy atom. The van der Waals surface area contributed by atoms with Gasteiger partial charge in [-0.2, -0.15) is 0 Å². The first-order chi connectivity index (χ1) is 26.8. The number of allylic oxidation sites excluding steroid dienone is 16. The van der Waals surface area contributed by atoms with Gasteiger partial charge in [0.2, 0.25) is 0 Å². The maximum atomic E-state index is 12.6. The molecule has 0 aliphatic rings. The molecule has 2 atom stereocenters. The molecule has 0 spiro atoms. The number of carbonyl (C=O) groups excluding carboxylic acids is 2. The van der Waals surface area contributed by atoms with Crippen LogP contribution in [0, 0.1) is 0 Å². The molecule has 0 saturated carbocycles. The smallest absolute Gasteiger partial charge is 0.462 e. The fourth-order valence-electron chi connectivity index (χ4n) is 4.97. The molecule has 10 heteroatoms. The number of hydrogen-bond acceptors (Lipinski definition) is 8. The standard InChI is InChI=1S/C45H74NO8P/c1-3-5-7-9-11-13-15-17-19-21-23-25-27-29-31-33-35-37-44(47)51-41-43(42-53-55(49,50)52-40-39-46)54-45(48)38-36-34-32-30-28-26-24-22-20-18-16-14-12-10-8-6-4-2/h5-8,11-14,17-20,23-26,43H,3-4,9-10,15-16,21-22,27-42,46H2,1-2H3,(H,49,50). The Morgan fingerprint density at radius 3 is 1.38 bits per heavy atom. The summed E-state index contributed by atoms with van der Waals surface area (Å²) in [5.74, 6) is -0.896. The summed E-state index contributed by atoms with van der Waals surface area (Å²) in [6.07, 6.45) is 51.5. The van der Waals surface area contributed by atoms with E-state index in [1.165, 1.54) is 0 Å². The van der Waals surface area contributed by atoms with Gasteiger partial charge in [0.05, 0.1) is 13.2 Å². The van der Waals surface area contributed by atoms with Crippen molar-refractivity contribution < 1.29 is 37.6 Å². The van der Waals surface area contributed by atoms with Crippen LogP contribution in [-0.4, -0.2) is 49.3 Å². The Morgan fingerprint density at radius 2 is 0.945 bits per heavy atom. The van der Waals surface area contributed by atoms with E-state index in [2.05, 4.69) is 111 Å².